The number of nitrogens with two attached hydrogens (primary N) is 1. The first-order valence-corrected chi connectivity index (χ1v) is 7.25. The molecule has 1 heterocycles. The highest BCUT2D eigenvalue weighted by molar-refractivity contribution is 9.10. The third-order valence-electron chi connectivity index (χ3n) is 2.40. The fourth-order valence-corrected chi connectivity index (χ4v) is 2.92. The second-order valence-corrected chi connectivity index (χ2v) is 5.86. The lowest BCUT2D eigenvalue weighted by Gasteiger charge is -2.08. The van der Waals surface area contributed by atoms with Gasteiger partial charge in [-0.05, 0) is 54.9 Å². The van der Waals surface area contributed by atoms with Gasteiger partial charge in [0.25, 0.3) is 0 Å². The summed E-state index contributed by atoms with van der Waals surface area (Å²) >= 11 is 5.06. The van der Waals surface area contributed by atoms with E-state index in [-0.39, 0.29) is 0 Å². The molecule has 94 valence electrons. The van der Waals surface area contributed by atoms with E-state index in [4.69, 9.17) is 5.73 Å². The maximum atomic E-state index is 5.63. The van der Waals surface area contributed by atoms with Crippen molar-refractivity contribution in [1.82, 2.24) is 9.97 Å². The van der Waals surface area contributed by atoms with Crippen LogP contribution in [0.25, 0.3) is 0 Å². The average Bonchev–Trinajstić information content (AvgIpc) is 2.36. The van der Waals surface area contributed by atoms with Crippen LogP contribution in [0.5, 0.6) is 0 Å². The minimum atomic E-state index is 0.643. The van der Waals surface area contributed by atoms with E-state index in [0.29, 0.717) is 6.54 Å². The first-order chi connectivity index (χ1) is 8.69. The van der Waals surface area contributed by atoms with Crippen LogP contribution < -0.4 is 5.73 Å². The standard InChI is InChI=1S/C13H14BrN3S/c1-9-7-16-13(17-8-9)18-12-6-11(14)3-2-10(12)4-5-15/h2-3,6-8H,4-5,15H2,1H3. The van der Waals surface area contributed by atoms with Crippen molar-refractivity contribution in [2.75, 3.05) is 6.54 Å². The summed E-state index contributed by atoms with van der Waals surface area (Å²) in [6.45, 7) is 2.62. The first kappa shape index (κ1) is 13.5. The summed E-state index contributed by atoms with van der Waals surface area (Å²) in [5.74, 6) is 0. The quantitative estimate of drug-likeness (QED) is 0.878. The molecule has 5 heteroatoms. The van der Waals surface area contributed by atoms with Gasteiger partial charge in [-0.3, -0.25) is 0 Å². The fraction of sp³-hybridized carbons (Fsp3) is 0.231. The van der Waals surface area contributed by atoms with Crippen molar-refractivity contribution in [3.8, 4) is 0 Å². The summed E-state index contributed by atoms with van der Waals surface area (Å²) in [4.78, 5) is 9.77. The maximum Gasteiger partial charge on any atom is 0.192 e. The molecule has 0 saturated heterocycles. The Bertz CT molecular complexity index is 528. The highest BCUT2D eigenvalue weighted by atomic mass is 79.9. The smallest absolute Gasteiger partial charge is 0.192 e. The zero-order valence-electron chi connectivity index (χ0n) is 10.1. The monoisotopic (exact) mass is 323 g/mol. The first-order valence-electron chi connectivity index (χ1n) is 5.64. The summed E-state index contributed by atoms with van der Waals surface area (Å²) in [5.41, 5.74) is 7.93. The molecular formula is C13H14BrN3S. The van der Waals surface area contributed by atoms with Crippen LogP contribution in [0.3, 0.4) is 0 Å². The Balaban J connectivity index is 2.26. The summed E-state index contributed by atoms with van der Waals surface area (Å²) in [6.07, 6.45) is 4.52. The van der Waals surface area contributed by atoms with Crippen molar-refractivity contribution in [1.29, 1.82) is 0 Å². The van der Waals surface area contributed by atoms with Gasteiger partial charge < -0.3 is 5.73 Å². The molecule has 0 fully saturated rings. The molecule has 0 radical (unpaired) electrons. The maximum absolute atomic E-state index is 5.63. The molecule has 18 heavy (non-hydrogen) atoms. The normalized spacial score (nSPS) is 10.6. The Labute approximate surface area is 119 Å². The van der Waals surface area contributed by atoms with E-state index in [1.165, 1.54) is 5.56 Å². The number of nitrogens with zero attached hydrogens (tertiary/aromatic N) is 2. The van der Waals surface area contributed by atoms with Crippen LogP contribution >= 0.6 is 27.7 Å². The highest BCUT2D eigenvalue weighted by Gasteiger charge is 2.06. The predicted molar refractivity (Wildman–Crippen MR) is 77.8 cm³/mol. The zero-order chi connectivity index (χ0) is 13.0. The number of rotatable bonds is 4. The van der Waals surface area contributed by atoms with Gasteiger partial charge in [-0.1, -0.05) is 22.0 Å². The molecule has 0 amide bonds. The zero-order valence-corrected chi connectivity index (χ0v) is 12.5. The topological polar surface area (TPSA) is 51.8 Å². The molecule has 0 aliphatic heterocycles. The van der Waals surface area contributed by atoms with Crippen LogP contribution in [0.1, 0.15) is 11.1 Å². The van der Waals surface area contributed by atoms with Crippen LogP contribution in [0.15, 0.2) is 45.1 Å². The molecule has 1 aromatic carbocycles. The lowest BCUT2D eigenvalue weighted by atomic mass is 10.1. The van der Waals surface area contributed by atoms with Crippen LogP contribution in [-0.4, -0.2) is 16.5 Å². The number of hydrogen-bond donors (Lipinski definition) is 1. The van der Waals surface area contributed by atoms with Gasteiger partial charge in [0.1, 0.15) is 0 Å². The van der Waals surface area contributed by atoms with Crippen molar-refractivity contribution in [2.24, 2.45) is 5.73 Å². The summed E-state index contributed by atoms with van der Waals surface area (Å²) in [7, 11) is 0. The fourth-order valence-electron chi connectivity index (χ4n) is 1.52. The van der Waals surface area contributed by atoms with E-state index in [2.05, 4.69) is 38.0 Å². The van der Waals surface area contributed by atoms with Gasteiger partial charge in [-0.15, -0.1) is 0 Å². The Kier molecular flexibility index (Phi) is 4.74. The average molecular weight is 324 g/mol. The molecular weight excluding hydrogens is 310 g/mol. The molecule has 0 saturated carbocycles. The van der Waals surface area contributed by atoms with E-state index in [9.17, 15) is 0 Å². The van der Waals surface area contributed by atoms with Crippen LogP contribution in [0, 0.1) is 6.92 Å². The Morgan fingerprint density at radius 1 is 1.28 bits per heavy atom. The van der Waals surface area contributed by atoms with Gasteiger partial charge in [-0.25, -0.2) is 9.97 Å². The molecule has 0 atom stereocenters. The van der Waals surface area contributed by atoms with E-state index in [1.54, 1.807) is 11.8 Å². The number of hydrogen-bond acceptors (Lipinski definition) is 4. The lowest BCUT2D eigenvalue weighted by molar-refractivity contribution is 0.929. The van der Waals surface area contributed by atoms with E-state index in [1.807, 2.05) is 25.4 Å². The van der Waals surface area contributed by atoms with Crippen LogP contribution in [0.4, 0.5) is 0 Å². The van der Waals surface area contributed by atoms with Crippen LogP contribution in [0.2, 0.25) is 0 Å². The van der Waals surface area contributed by atoms with Gasteiger partial charge in [0.2, 0.25) is 0 Å². The molecule has 2 aromatic rings. The van der Waals surface area contributed by atoms with Crippen molar-refractivity contribution >= 4 is 27.7 Å². The lowest BCUT2D eigenvalue weighted by Crippen LogP contribution is -2.03. The van der Waals surface area contributed by atoms with Crippen molar-refractivity contribution in [2.45, 2.75) is 23.4 Å². The number of halogens is 1. The van der Waals surface area contributed by atoms with Gasteiger partial charge in [0.05, 0.1) is 0 Å². The molecule has 0 aliphatic rings. The van der Waals surface area contributed by atoms with E-state index >= 15 is 0 Å². The molecule has 2 N–H and O–H groups in total. The summed E-state index contributed by atoms with van der Waals surface area (Å²) in [5, 5.41) is 0.761. The van der Waals surface area contributed by atoms with Gasteiger partial charge >= 0.3 is 0 Å². The minimum absolute atomic E-state index is 0.643. The van der Waals surface area contributed by atoms with Gasteiger partial charge in [0, 0.05) is 21.8 Å². The molecule has 3 nitrogen and oxygen atoms in total. The van der Waals surface area contributed by atoms with Gasteiger partial charge in [0.15, 0.2) is 5.16 Å². The largest absolute Gasteiger partial charge is 0.330 e. The second kappa shape index (κ2) is 6.31. The third kappa shape index (κ3) is 3.54. The molecule has 0 bridgehead atoms. The molecule has 1 aromatic heterocycles. The molecule has 0 unspecified atom stereocenters. The summed E-state index contributed by atoms with van der Waals surface area (Å²) in [6, 6.07) is 6.21. The minimum Gasteiger partial charge on any atom is -0.330 e. The van der Waals surface area contributed by atoms with Crippen molar-refractivity contribution in [3.63, 3.8) is 0 Å². The number of aromatic nitrogens is 2. The second-order valence-electron chi connectivity index (χ2n) is 3.94. The Hall–Kier alpha value is -0.910. The molecule has 0 spiro atoms. The summed E-state index contributed by atoms with van der Waals surface area (Å²) < 4.78 is 1.05. The predicted octanol–water partition coefficient (Wildman–Crippen LogP) is 3.20. The van der Waals surface area contributed by atoms with E-state index in [0.717, 1.165) is 26.5 Å². The van der Waals surface area contributed by atoms with E-state index < -0.39 is 0 Å². The Morgan fingerprint density at radius 2 is 2.00 bits per heavy atom. The van der Waals surface area contributed by atoms with Crippen molar-refractivity contribution < 1.29 is 0 Å². The number of aryl methyl sites for hydroxylation is 1. The van der Waals surface area contributed by atoms with Crippen molar-refractivity contribution in [3.05, 3.63) is 46.2 Å². The SMILES string of the molecule is Cc1cnc(Sc2cc(Br)ccc2CCN)nc1. The third-order valence-corrected chi connectivity index (χ3v) is 3.89. The Morgan fingerprint density at radius 3 is 2.67 bits per heavy atom. The van der Waals surface area contributed by atoms with Gasteiger partial charge in [-0.2, -0.15) is 0 Å². The molecule has 0 aliphatic carbocycles. The molecule has 2 rings (SSSR count). The number of benzene rings is 1. The van der Waals surface area contributed by atoms with Crippen LogP contribution in [-0.2, 0) is 6.42 Å². The highest BCUT2D eigenvalue weighted by Crippen LogP contribution is 2.30.